The van der Waals surface area contributed by atoms with Gasteiger partial charge in [0.1, 0.15) is 0 Å². The van der Waals surface area contributed by atoms with Gasteiger partial charge in [0, 0.05) is 25.0 Å². The third kappa shape index (κ3) is 3.23. The summed E-state index contributed by atoms with van der Waals surface area (Å²) in [4.78, 5) is 15.1. The van der Waals surface area contributed by atoms with Gasteiger partial charge >= 0.3 is 0 Å². The molecule has 0 aromatic heterocycles. The standard InChI is InChI=1S/C25H40ClNO3/c1-24-8-7-19-17(18(24)5-6-20(24)23(29)15-26)4-3-16-13-22(28)21(14-25(16,19)2)27-9-11-30-12-10-27/h16-22,28H,3-15H2,1-2H3/t16-,17?,18?,19?,20+,21-,22-,24-,25-/m0/s1. The van der Waals surface area contributed by atoms with Crippen molar-refractivity contribution in [2.75, 3.05) is 32.2 Å². The summed E-state index contributed by atoms with van der Waals surface area (Å²) in [5.41, 5.74) is 0.481. The number of ketones is 1. The van der Waals surface area contributed by atoms with Crippen LogP contribution in [0.2, 0.25) is 0 Å². The zero-order valence-corrected chi connectivity index (χ0v) is 19.6. The molecule has 0 spiro atoms. The fourth-order valence-corrected chi connectivity index (χ4v) is 9.37. The van der Waals surface area contributed by atoms with Crippen LogP contribution >= 0.6 is 11.6 Å². The normalized spacial score (nSPS) is 51.7. The Kier molecular flexibility index (Phi) is 5.78. The van der Waals surface area contributed by atoms with Gasteiger partial charge in [-0.3, -0.25) is 9.69 Å². The van der Waals surface area contributed by atoms with Crippen molar-refractivity contribution >= 4 is 17.4 Å². The molecule has 0 radical (unpaired) electrons. The topological polar surface area (TPSA) is 49.8 Å². The predicted molar refractivity (Wildman–Crippen MR) is 119 cm³/mol. The van der Waals surface area contributed by atoms with Gasteiger partial charge in [-0.05, 0) is 85.9 Å². The molecule has 0 aromatic carbocycles. The van der Waals surface area contributed by atoms with Crippen LogP contribution in [0.15, 0.2) is 0 Å². The Morgan fingerprint density at radius 3 is 2.53 bits per heavy atom. The number of aliphatic hydroxyl groups excluding tert-OH is 1. The highest BCUT2D eigenvalue weighted by atomic mass is 35.5. The summed E-state index contributed by atoms with van der Waals surface area (Å²) in [5.74, 6) is 3.47. The number of morpholine rings is 1. The minimum Gasteiger partial charge on any atom is -0.391 e. The molecular formula is C25H40ClNO3. The minimum atomic E-state index is -0.191. The van der Waals surface area contributed by atoms with Crippen LogP contribution in [0.1, 0.15) is 65.2 Å². The Morgan fingerprint density at radius 2 is 1.80 bits per heavy atom. The van der Waals surface area contributed by atoms with E-state index in [1.165, 1.54) is 32.1 Å². The number of hydrogen-bond acceptors (Lipinski definition) is 4. The van der Waals surface area contributed by atoms with Gasteiger partial charge in [0.2, 0.25) is 0 Å². The second kappa shape index (κ2) is 8.01. The van der Waals surface area contributed by atoms with Crippen molar-refractivity contribution in [3.63, 3.8) is 0 Å². The Labute approximate surface area is 187 Å². The fraction of sp³-hybridized carbons (Fsp3) is 0.960. The number of carbonyl (C=O) groups excluding carboxylic acids is 1. The van der Waals surface area contributed by atoms with Gasteiger partial charge in [0.05, 0.1) is 25.2 Å². The number of fused-ring (bicyclic) bond motifs is 5. The van der Waals surface area contributed by atoms with Gasteiger partial charge in [-0.25, -0.2) is 0 Å². The van der Waals surface area contributed by atoms with Crippen molar-refractivity contribution in [2.45, 2.75) is 77.4 Å². The molecule has 30 heavy (non-hydrogen) atoms. The van der Waals surface area contributed by atoms with E-state index in [9.17, 15) is 9.90 Å². The van der Waals surface area contributed by atoms with Crippen LogP contribution in [0.3, 0.4) is 0 Å². The molecule has 170 valence electrons. The Balaban J connectivity index is 1.39. The van der Waals surface area contributed by atoms with Crippen LogP contribution in [0.5, 0.6) is 0 Å². The van der Waals surface area contributed by atoms with Gasteiger partial charge < -0.3 is 9.84 Å². The van der Waals surface area contributed by atoms with Crippen LogP contribution in [0, 0.1) is 40.4 Å². The molecule has 5 rings (SSSR count). The summed E-state index contributed by atoms with van der Waals surface area (Å²) in [6, 6.07) is 0.288. The Hall–Kier alpha value is -0.160. The van der Waals surface area contributed by atoms with Crippen LogP contribution in [0.25, 0.3) is 0 Å². The minimum absolute atomic E-state index is 0.161. The zero-order chi connectivity index (χ0) is 21.1. The molecule has 9 atom stereocenters. The summed E-state index contributed by atoms with van der Waals surface area (Å²) in [6.45, 7) is 8.48. The maximum absolute atomic E-state index is 12.6. The van der Waals surface area contributed by atoms with E-state index >= 15 is 0 Å². The van der Waals surface area contributed by atoms with E-state index in [0.29, 0.717) is 17.3 Å². The van der Waals surface area contributed by atoms with Crippen molar-refractivity contribution in [3.8, 4) is 0 Å². The average Bonchev–Trinajstić information content (AvgIpc) is 3.11. The maximum atomic E-state index is 12.6. The van der Waals surface area contributed by atoms with Crippen molar-refractivity contribution < 1.29 is 14.6 Å². The smallest absolute Gasteiger partial charge is 0.151 e. The molecule has 5 aliphatic rings. The quantitative estimate of drug-likeness (QED) is 0.674. The van der Waals surface area contributed by atoms with E-state index in [-0.39, 0.29) is 35.1 Å². The summed E-state index contributed by atoms with van der Waals surface area (Å²) in [7, 11) is 0. The lowest BCUT2D eigenvalue weighted by atomic mass is 9.44. The number of alkyl halides is 1. The molecule has 4 aliphatic carbocycles. The molecule has 1 aliphatic heterocycles. The molecule has 5 fully saturated rings. The molecule has 0 aromatic rings. The monoisotopic (exact) mass is 437 g/mol. The van der Waals surface area contributed by atoms with Gasteiger partial charge in [0.15, 0.2) is 5.78 Å². The number of aliphatic hydroxyl groups is 1. The highest BCUT2D eigenvalue weighted by Crippen LogP contribution is 2.67. The van der Waals surface area contributed by atoms with E-state index in [1.807, 2.05) is 0 Å². The fourth-order valence-electron chi connectivity index (χ4n) is 9.18. The Bertz CT molecular complexity index is 667. The highest BCUT2D eigenvalue weighted by molar-refractivity contribution is 6.28. The highest BCUT2D eigenvalue weighted by Gasteiger charge is 2.62. The van der Waals surface area contributed by atoms with Crippen molar-refractivity contribution in [1.29, 1.82) is 0 Å². The number of hydrogen-bond donors (Lipinski definition) is 1. The molecule has 3 unspecified atom stereocenters. The number of halogens is 1. The largest absolute Gasteiger partial charge is 0.391 e. The van der Waals surface area contributed by atoms with Crippen LogP contribution < -0.4 is 0 Å². The number of Topliss-reactive ketones (excluding diaryl/α,β-unsaturated/α-hetero) is 1. The average molecular weight is 438 g/mol. The van der Waals surface area contributed by atoms with Gasteiger partial charge in [0.25, 0.3) is 0 Å². The molecule has 4 saturated carbocycles. The predicted octanol–water partition coefficient (Wildman–Crippen LogP) is 4.12. The SMILES string of the molecule is C[C@]12CCC3C(CC[C@H]4C[C@H](O)[C@@H](N5CCOCC5)C[C@]34C)C1CC[C@@H]2C(=O)CCl. The third-order valence-corrected chi connectivity index (χ3v) is 11.0. The maximum Gasteiger partial charge on any atom is 0.151 e. The lowest BCUT2D eigenvalue weighted by Crippen LogP contribution is -2.60. The number of ether oxygens (including phenoxy) is 1. The molecular weight excluding hydrogens is 398 g/mol. The first-order valence-corrected chi connectivity index (χ1v) is 13.0. The summed E-state index contributed by atoms with van der Waals surface area (Å²) in [6.07, 6.45) is 9.15. The molecule has 0 amide bonds. The number of rotatable bonds is 3. The second-order valence-electron chi connectivity index (χ2n) is 11.7. The molecule has 1 saturated heterocycles. The zero-order valence-electron chi connectivity index (χ0n) is 18.8. The van der Waals surface area contributed by atoms with Crippen molar-refractivity contribution in [2.24, 2.45) is 40.4 Å². The van der Waals surface area contributed by atoms with Crippen LogP contribution in [0.4, 0.5) is 0 Å². The third-order valence-electron chi connectivity index (χ3n) is 10.7. The van der Waals surface area contributed by atoms with Gasteiger partial charge in [-0.2, -0.15) is 0 Å². The second-order valence-corrected chi connectivity index (χ2v) is 11.9. The number of carbonyl (C=O) groups is 1. The van der Waals surface area contributed by atoms with E-state index < -0.39 is 0 Å². The lowest BCUT2D eigenvalue weighted by Gasteiger charge is -2.62. The molecule has 1 N–H and O–H groups in total. The molecule has 0 bridgehead atoms. The summed E-state index contributed by atoms with van der Waals surface area (Å²) in [5, 5.41) is 11.1. The molecule has 1 heterocycles. The van der Waals surface area contributed by atoms with E-state index in [4.69, 9.17) is 16.3 Å². The van der Waals surface area contributed by atoms with Crippen LogP contribution in [-0.4, -0.2) is 60.1 Å². The van der Waals surface area contributed by atoms with E-state index in [2.05, 4.69) is 18.7 Å². The first-order chi connectivity index (χ1) is 14.4. The summed E-state index contributed by atoms with van der Waals surface area (Å²) >= 11 is 5.99. The van der Waals surface area contributed by atoms with Gasteiger partial charge in [-0.1, -0.05) is 13.8 Å². The van der Waals surface area contributed by atoms with E-state index in [0.717, 1.165) is 57.4 Å². The molecule has 5 heteroatoms. The van der Waals surface area contributed by atoms with Crippen molar-refractivity contribution in [1.82, 2.24) is 4.90 Å². The first-order valence-electron chi connectivity index (χ1n) is 12.5. The number of nitrogens with zero attached hydrogens (tertiary/aromatic N) is 1. The molecule has 4 nitrogen and oxygen atoms in total. The van der Waals surface area contributed by atoms with E-state index in [1.54, 1.807) is 0 Å². The first kappa shape index (κ1) is 21.7. The van der Waals surface area contributed by atoms with Gasteiger partial charge in [-0.15, -0.1) is 11.6 Å². The lowest BCUT2D eigenvalue weighted by molar-refractivity contribution is -0.156. The Morgan fingerprint density at radius 1 is 1.07 bits per heavy atom. The van der Waals surface area contributed by atoms with Crippen molar-refractivity contribution in [3.05, 3.63) is 0 Å². The van der Waals surface area contributed by atoms with Crippen LogP contribution in [-0.2, 0) is 9.53 Å². The summed E-state index contributed by atoms with van der Waals surface area (Å²) < 4.78 is 5.58.